The molecule has 5 aromatic carbocycles. The highest BCUT2D eigenvalue weighted by Gasteiger charge is 2.34. The molecule has 0 aromatic heterocycles. The smallest absolute Gasteiger partial charge is 0.240 e. The van der Waals surface area contributed by atoms with E-state index in [1.165, 1.54) is 37.9 Å². The number of carbonyl (C=O) groups excluding carboxylic acids is 1. The van der Waals surface area contributed by atoms with Crippen molar-refractivity contribution in [3.8, 4) is 0 Å². The molecule has 1 unspecified atom stereocenters. The van der Waals surface area contributed by atoms with Crippen LogP contribution in [0.2, 0.25) is 0 Å². The number of hydrogen-bond acceptors (Lipinski definition) is 2. The predicted molar refractivity (Wildman–Crippen MR) is 132 cm³/mol. The molecule has 0 N–H and O–H groups in total. The SMILES string of the molecule is CC(=O)N1N=C(c2cccc3ccccc23)CC1c1c2ccccc2cc2ccccc12. The van der Waals surface area contributed by atoms with E-state index in [0.717, 1.165) is 11.3 Å². The van der Waals surface area contributed by atoms with Crippen LogP contribution < -0.4 is 0 Å². The number of amides is 1. The van der Waals surface area contributed by atoms with Crippen molar-refractivity contribution in [2.75, 3.05) is 0 Å². The molecule has 0 spiro atoms. The van der Waals surface area contributed by atoms with Gasteiger partial charge in [0.05, 0.1) is 11.8 Å². The second kappa shape index (κ2) is 7.31. The van der Waals surface area contributed by atoms with E-state index < -0.39 is 0 Å². The van der Waals surface area contributed by atoms with E-state index in [-0.39, 0.29) is 11.9 Å². The highest BCUT2D eigenvalue weighted by atomic mass is 16.2. The molecule has 3 nitrogen and oxygen atoms in total. The Morgan fingerprint density at radius 1 is 0.750 bits per heavy atom. The second-order valence-corrected chi connectivity index (χ2v) is 8.39. The number of rotatable bonds is 2. The molecule has 1 amide bonds. The summed E-state index contributed by atoms with van der Waals surface area (Å²) in [6.45, 7) is 1.61. The van der Waals surface area contributed by atoms with Crippen LogP contribution in [0.3, 0.4) is 0 Å². The molecule has 1 aliphatic rings. The molecule has 154 valence electrons. The van der Waals surface area contributed by atoms with Crippen LogP contribution in [-0.4, -0.2) is 16.6 Å². The number of fused-ring (bicyclic) bond motifs is 3. The molecule has 0 saturated carbocycles. The van der Waals surface area contributed by atoms with E-state index in [0.29, 0.717) is 6.42 Å². The molecule has 6 rings (SSSR count). The van der Waals surface area contributed by atoms with Crippen molar-refractivity contribution < 1.29 is 4.79 Å². The Kier molecular flexibility index (Phi) is 4.29. The maximum Gasteiger partial charge on any atom is 0.240 e. The molecule has 5 aromatic rings. The van der Waals surface area contributed by atoms with Gasteiger partial charge in [-0.25, -0.2) is 5.01 Å². The first-order chi connectivity index (χ1) is 15.7. The van der Waals surface area contributed by atoms with Gasteiger partial charge in [0.2, 0.25) is 5.91 Å². The average molecular weight is 415 g/mol. The van der Waals surface area contributed by atoms with Gasteiger partial charge in [-0.1, -0.05) is 91.0 Å². The molecule has 0 saturated heterocycles. The third-order valence-corrected chi connectivity index (χ3v) is 6.48. The summed E-state index contributed by atoms with van der Waals surface area (Å²) in [6.07, 6.45) is 0.686. The Hall–Kier alpha value is -3.98. The highest BCUT2D eigenvalue weighted by molar-refractivity contribution is 6.13. The molecule has 0 radical (unpaired) electrons. The third-order valence-electron chi connectivity index (χ3n) is 6.48. The number of hydrazone groups is 1. The molecular formula is C29H22N2O. The summed E-state index contributed by atoms with van der Waals surface area (Å²) in [7, 11) is 0. The van der Waals surface area contributed by atoms with Crippen LogP contribution in [0.4, 0.5) is 0 Å². The van der Waals surface area contributed by atoms with Gasteiger partial charge in [-0.2, -0.15) is 5.10 Å². The fraction of sp³-hybridized carbons (Fsp3) is 0.103. The first-order valence-electron chi connectivity index (χ1n) is 11.0. The normalized spacial score (nSPS) is 16.1. The van der Waals surface area contributed by atoms with Gasteiger partial charge in [0, 0.05) is 18.9 Å². The predicted octanol–water partition coefficient (Wildman–Crippen LogP) is 6.84. The van der Waals surface area contributed by atoms with Gasteiger partial charge in [0.1, 0.15) is 0 Å². The van der Waals surface area contributed by atoms with Gasteiger partial charge in [-0.15, -0.1) is 0 Å². The Morgan fingerprint density at radius 2 is 1.31 bits per heavy atom. The lowest BCUT2D eigenvalue weighted by atomic mass is 9.88. The lowest BCUT2D eigenvalue weighted by Crippen LogP contribution is -2.24. The first-order valence-corrected chi connectivity index (χ1v) is 11.0. The molecule has 0 aliphatic carbocycles. The summed E-state index contributed by atoms with van der Waals surface area (Å²) in [6, 6.07) is 33.6. The van der Waals surface area contributed by atoms with Gasteiger partial charge in [-0.05, 0) is 43.9 Å². The van der Waals surface area contributed by atoms with Crippen molar-refractivity contribution in [1.82, 2.24) is 5.01 Å². The van der Waals surface area contributed by atoms with Crippen molar-refractivity contribution >= 4 is 43.9 Å². The fourth-order valence-corrected chi connectivity index (χ4v) is 5.07. The maximum absolute atomic E-state index is 12.8. The van der Waals surface area contributed by atoms with Crippen LogP contribution in [-0.2, 0) is 4.79 Å². The molecular weight excluding hydrogens is 392 g/mol. The fourth-order valence-electron chi connectivity index (χ4n) is 5.07. The van der Waals surface area contributed by atoms with Crippen LogP contribution in [0.5, 0.6) is 0 Å². The van der Waals surface area contributed by atoms with Gasteiger partial charge < -0.3 is 0 Å². The summed E-state index contributed by atoms with van der Waals surface area (Å²) < 4.78 is 0. The monoisotopic (exact) mass is 414 g/mol. The summed E-state index contributed by atoms with van der Waals surface area (Å²) in [5.74, 6) is -0.0396. The highest BCUT2D eigenvalue weighted by Crippen LogP contribution is 2.41. The van der Waals surface area contributed by atoms with E-state index in [9.17, 15) is 4.79 Å². The second-order valence-electron chi connectivity index (χ2n) is 8.39. The Labute approximate surface area is 186 Å². The van der Waals surface area contributed by atoms with Crippen molar-refractivity contribution in [1.29, 1.82) is 0 Å². The maximum atomic E-state index is 12.8. The number of nitrogens with zero attached hydrogens (tertiary/aromatic N) is 2. The van der Waals surface area contributed by atoms with Gasteiger partial charge >= 0.3 is 0 Å². The average Bonchev–Trinajstić information content (AvgIpc) is 3.27. The standard InChI is InChI=1S/C29H22N2O/c1-19(32)31-28(18-27(30-31)26-16-8-12-20-9-2-5-13-23(20)26)29-24-14-6-3-10-21(24)17-22-11-4-7-15-25(22)29/h2-17,28H,18H2,1H3. The number of benzene rings is 5. The Balaban J connectivity index is 1.57. The lowest BCUT2D eigenvalue weighted by molar-refractivity contribution is -0.130. The summed E-state index contributed by atoms with van der Waals surface area (Å²) in [5, 5.41) is 13.6. The van der Waals surface area contributed by atoms with E-state index in [1.807, 2.05) is 0 Å². The van der Waals surface area contributed by atoms with Crippen LogP contribution >= 0.6 is 0 Å². The molecule has 0 fully saturated rings. The van der Waals surface area contributed by atoms with Crippen LogP contribution in [0, 0.1) is 0 Å². The van der Waals surface area contributed by atoms with Crippen molar-refractivity contribution in [2.24, 2.45) is 5.10 Å². The van der Waals surface area contributed by atoms with Crippen LogP contribution in [0.25, 0.3) is 32.3 Å². The van der Waals surface area contributed by atoms with E-state index in [2.05, 4.69) is 97.1 Å². The largest absolute Gasteiger partial charge is 0.273 e. The van der Waals surface area contributed by atoms with Crippen molar-refractivity contribution in [3.05, 3.63) is 108 Å². The number of carbonyl (C=O) groups is 1. The molecule has 3 heteroatoms. The quantitative estimate of drug-likeness (QED) is 0.291. The first kappa shape index (κ1) is 18.8. The zero-order valence-corrected chi connectivity index (χ0v) is 17.8. The van der Waals surface area contributed by atoms with Gasteiger partial charge in [0.15, 0.2) is 0 Å². The summed E-state index contributed by atoms with van der Waals surface area (Å²) in [4.78, 5) is 12.8. The van der Waals surface area contributed by atoms with Crippen molar-refractivity contribution in [2.45, 2.75) is 19.4 Å². The minimum absolute atomic E-state index is 0.0396. The molecule has 1 atom stereocenters. The lowest BCUT2D eigenvalue weighted by Gasteiger charge is -2.24. The van der Waals surface area contributed by atoms with Crippen LogP contribution in [0.1, 0.15) is 30.5 Å². The van der Waals surface area contributed by atoms with Crippen LogP contribution in [0.15, 0.2) is 102 Å². The zero-order chi connectivity index (χ0) is 21.7. The third kappa shape index (κ3) is 2.89. The van der Waals surface area contributed by atoms with E-state index in [1.54, 1.807) is 11.9 Å². The van der Waals surface area contributed by atoms with Gasteiger partial charge in [-0.3, -0.25) is 4.79 Å². The minimum Gasteiger partial charge on any atom is -0.273 e. The van der Waals surface area contributed by atoms with E-state index in [4.69, 9.17) is 5.10 Å². The molecule has 0 bridgehead atoms. The minimum atomic E-state index is -0.141. The van der Waals surface area contributed by atoms with Gasteiger partial charge in [0.25, 0.3) is 0 Å². The number of hydrogen-bond donors (Lipinski definition) is 0. The molecule has 1 aliphatic heterocycles. The summed E-state index contributed by atoms with van der Waals surface area (Å²) in [5.41, 5.74) is 3.23. The zero-order valence-electron chi connectivity index (χ0n) is 17.8. The molecule has 1 heterocycles. The summed E-state index contributed by atoms with van der Waals surface area (Å²) >= 11 is 0. The van der Waals surface area contributed by atoms with Crippen molar-refractivity contribution in [3.63, 3.8) is 0 Å². The molecule has 32 heavy (non-hydrogen) atoms. The Bertz CT molecular complexity index is 1490. The van der Waals surface area contributed by atoms with E-state index >= 15 is 0 Å². The Morgan fingerprint density at radius 3 is 1.97 bits per heavy atom. The topological polar surface area (TPSA) is 32.7 Å².